The Hall–Kier alpha value is -2.41. The molecule has 0 fully saturated rings. The van der Waals surface area contributed by atoms with Gasteiger partial charge in [0.05, 0.1) is 0 Å². The van der Waals surface area contributed by atoms with Crippen LogP contribution in [0.1, 0.15) is 25.0 Å². The number of carbonyl (C=O) groups is 1. The Kier molecular flexibility index (Phi) is 4.67. The minimum absolute atomic E-state index is 0.0812. The quantitative estimate of drug-likeness (QED) is 0.726. The molecule has 2 aromatic carbocycles. The van der Waals surface area contributed by atoms with Crippen LogP contribution < -0.4 is 0 Å². The molecule has 0 unspecified atom stereocenters. The lowest BCUT2D eigenvalue weighted by Crippen LogP contribution is -2.00. The zero-order valence-electron chi connectivity index (χ0n) is 11.8. The van der Waals surface area contributed by atoms with E-state index in [2.05, 4.69) is 0 Å². The molecule has 0 saturated heterocycles. The highest BCUT2D eigenvalue weighted by molar-refractivity contribution is 6.12. The van der Waals surface area contributed by atoms with E-state index in [9.17, 15) is 4.79 Å². The van der Waals surface area contributed by atoms with Gasteiger partial charge >= 0.3 is 0 Å². The van der Waals surface area contributed by atoms with E-state index >= 15 is 0 Å². The van der Waals surface area contributed by atoms with E-state index < -0.39 is 0 Å². The largest absolute Gasteiger partial charge is 0.289 e. The molecule has 20 heavy (non-hydrogen) atoms. The molecule has 0 aliphatic heterocycles. The highest BCUT2D eigenvalue weighted by Crippen LogP contribution is 2.13. The van der Waals surface area contributed by atoms with E-state index in [4.69, 9.17) is 0 Å². The van der Waals surface area contributed by atoms with Gasteiger partial charge in [-0.05, 0) is 48.3 Å². The van der Waals surface area contributed by atoms with Gasteiger partial charge in [-0.15, -0.1) is 0 Å². The van der Waals surface area contributed by atoms with Crippen molar-refractivity contribution in [3.63, 3.8) is 0 Å². The Balaban J connectivity index is 2.19. The molecule has 0 N–H and O–H groups in total. The molecule has 0 radical (unpaired) electrons. The lowest BCUT2D eigenvalue weighted by atomic mass is 10.0. The zero-order valence-corrected chi connectivity index (χ0v) is 11.8. The van der Waals surface area contributed by atoms with Gasteiger partial charge in [0.25, 0.3) is 0 Å². The van der Waals surface area contributed by atoms with E-state index in [0.29, 0.717) is 0 Å². The van der Waals surface area contributed by atoms with Gasteiger partial charge in [0, 0.05) is 0 Å². The first-order chi connectivity index (χ1) is 9.66. The maximum Gasteiger partial charge on any atom is 0.184 e. The number of carbonyl (C=O) groups excluding carboxylic acids is 1. The zero-order chi connectivity index (χ0) is 14.4. The normalized spacial score (nSPS) is 12.3. The van der Waals surface area contributed by atoms with Crippen LogP contribution in [0.3, 0.4) is 0 Å². The summed E-state index contributed by atoms with van der Waals surface area (Å²) < 4.78 is 0. The number of allylic oxidation sites excluding steroid dienone is 2. The molecule has 0 aliphatic rings. The minimum Gasteiger partial charge on any atom is -0.289 e. The van der Waals surface area contributed by atoms with Crippen LogP contribution in [-0.4, -0.2) is 5.78 Å². The van der Waals surface area contributed by atoms with Gasteiger partial charge in [-0.25, -0.2) is 0 Å². The van der Waals surface area contributed by atoms with Gasteiger partial charge in [-0.3, -0.25) is 4.79 Å². The summed E-state index contributed by atoms with van der Waals surface area (Å²) in [5.74, 6) is 0.0812. The molecule has 0 spiro atoms. The van der Waals surface area contributed by atoms with Crippen molar-refractivity contribution in [2.24, 2.45) is 0 Å². The van der Waals surface area contributed by atoms with Gasteiger partial charge in [0.15, 0.2) is 5.78 Å². The number of hydrogen-bond acceptors (Lipinski definition) is 1. The first-order valence-corrected chi connectivity index (χ1v) is 6.68. The molecule has 2 rings (SSSR count). The fourth-order valence-corrected chi connectivity index (χ4v) is 2.04. The fourth-order valence-electron chi connectivity index (χ4n) is 2.04. The Labute approximate surface area is 120 Å². The summed E-state index contributed by atoms with van der Waals surface area (Å²) in [4.78, 5) is 12.3. The van der Waals surface area contributed by atoms with Crippen LogP contribution in [0, 0.1) is 0 Å². The second-order valence-electron chi connectivity index (χ2n) is 4.81. The summed E-state index contributed by atoms with van der Waals surface area (Å²) in [7, 11) is 0. The van der Waals surface area contributed by atoms with Crippen LogP contribution in [0.4, 0.5) is 0 Å². The van der Waals surface area contributed by atoms with E-state index in [-0.39, 0.29) is 5.78 Å². The molecule has 0 aliphatic carbocycles. The number of ketones is 1. The molecule has 0 atom stereocenters. The number of rotatable bonds is 4. The summed E-state index contributed by atoms with van der Waals surface area (Å²) in [6.07, 6.45) is 3.84. The maximum absolute atomic E-state index is 12.3. The standard InChI is InChI=1S/C19H18O/c1-15(13-17-9-5-3-6-10-17)19(20)16(2)14-18-11-7-4-8-12-18/h3-14H,1-2H3/b15-13+,16-14+. The van der Waals surface area contributed by atoms with Gasteiger partial charge in [-0.1, -0.05) is 60.7 Å². The first kappa shape index (κ1) is 14.0. The molecular formula is C19H18O. The van der Waals surface area contributed by atoms with Crippen molar-refractivity contribution in [2.75, 3.05) is 0 Å². The summed E-state index contributed by atoms with van der Waals surface area (Å²) in [5.41, 5.74) is 3.60. The molecular weight excluding hydrogens is 244 g/mol. The molecule has 100 valence electrons. The average molecular weight is 262 g/mol. The molecule has 1 heteroatoms. The second-order valence-corrected chi connectivity index (χ2v) is 4.81. The van der Waals surface area contributed by atoms with E-state index in [1.54, 1.807) is 0 Å². The minimum atomic E-state index is 0.0812. The summed E-state index contributed by atoms with van der Waals surface area (Å²) >= 11 is 0. The fraction of sp³-hybridized carbons (Fsp3) is 0.105. The van der Waals surface area contributed by atoms with Gasteiger partial charge in [-0.2, -0.15) is 0 Å². The molecule has 0 bridgehead atoms. The summed E-state index contributed by atoms with van der Waals surface area (Å²) in [6.45, 7) is 3.72. The third kappa shape index (κ3) is 3.79. The summed E-state index contributed by atoms with van der Waals surface area (Å²) in [5, 5.41) is 0. The van der Waals surface area contributed by atoms with Crippen LogP contribution >= 0.6 is 0 Å². The highest BCUT2D eigenvalue weighted by atomic mass is 16.1. The SMILES string of the molecule is C/C(=C\c1ccccc1)C(=O)/C(C)=C/c1ccccc1. The van der Waals surface area contributed by atoms with Crippen molar-refractivity contribution in [3.8, 4) is 0 Å². The Morgan fingerprint density at radius 3 is 1.40 bits per heavy atom. The third-order valence-corrected chi connectivity index (χ3v) is 3.08. The van der Waals surface area contributed by atoms with Crippen LogP contribution in [0.15, 0.2) is 71.8 Å². The second kappa shape index (κ2) is 6.67. The van der Waals surface area contributed by atoms with Crippen molar-refractivity contribution in [1.82, 2.24) is 0 Å². The average Bonchev–Trinajstić information content (AvgIpc) is 2.48. The van der Waals surface area contributed by atoms with Crippen LogP contribution in [0.25, 0.3) is 12.2 Å². The van der Waals surface area contributed by atoms with E-state index in [0.717, 1.165) is 22.3 Å². The Bertz CT molecular complexity index is 576. The lowest BCUT2D eigenvalue weighted by molar-refractivity contribution is -0.112. The smallest absolute Gasteiger partial charge is 0.184 e. The van der Waals surface area contributed by atoms with Crippen LogP contribution in [-0.2, 0) is 4.79 Å². The number of benzene rings is 2. The van der Waals surface area contributed by atoms with Gasteiger partial charge in [0.1, 0.15) is 0 Å². The van der Waals surface area contributed by atoms with Crippen molar-refractivity contribution < 1.29 is 4.79 Å². The highest BCUT2D eigenvalue weighted by Gasteiger charge is 2.07. The molecule has 2 aromatic rings. The molecule has 1 nitrogen and oxygen atoms in total. The van der Waals surface area contributed by atoms with Crippen LogP contribution in [0.5, 0.6) is 0 Å². The number of Topliss-reactive ketones (excluding diaryl/α,β-unsaturated/α-hetero) is 1. The predicted molar refractivity (Wildman–Crippen MR) is 85.2 cm³/mol. The molecule has 0 heterocycles. The van der Waals surface area contributed by atoms with Crippen molar-refractivity contribution >= 4 is 17.9 Å². The molecule has 0 amide bonds. The van der Waals surface area contributed by atoms with Crippen molar-refractivity contribution in [1.29, 1.82) is 0 Å². The van der Waals surface area contributed by atoms with E-state index in [1.807, 2.05) is 86.7 Å². The molecule has 0 aromatic heterocycles. The number of hydrogen-bond donors (Lipinski definition) is 0. The monoisotopic (exact) mass is 262 g/mol. The first-order valence-electron chi connectivity index (χ1n) is 6.68. The van der Waals surface area contributed by atoms with Crippen molar-refractivity contribution in [3.05, 3.63) is 82.9 Å². The maximum atomic E-state index is 12.3. The molecule has 0 saturated carbocycles. The van der Waals surface area contributed by atoms with Crippen LogP contribution in [0.2, 0.25) is 0 Å². The van der Waals surface area contributed by atoms with Gasteiger partial charge in [0.2, 0.25) is 0 Å². The summed E-state index contributed by atoms with van der Waals surface area (Å²) in [6, 6.07) is 19.8. The van der Waals surface area contributed by atoms with Gasteiger partial charge < -0.3 is 0 Å². The predicted octanol–water partition coefficient (Wildman–Crippen LogP) is 4.76. The Morgan fingerprint density at radius 1 is 0.700 bits per heavy atom. The lowest BCUT2D eigenvalue weighted by Gasteiger charge is -2.02. The van der Waals surface area contributed by atoms with E-state index in [1.165, 1.54) is 0 Å². The topological polar surface area (TPSA) is 17.1 Å². The van der Waals surface area contributed by atoms with Crippen molar-refractivity contribution in [2.45, 2.75) is 13.8 Å². The third-order valence-electron chi connectivity index (χ3n) is 3.08. The Morgan fingerprint density at radius 2 is 1.05 bits per heavy atom.